The Morgan fingerprint density at radius 2 is 1.60 bits per heavy atom. The highest BCUT2D eigenvalue weighted by Gasteiger charge is 2.26. The van der Waals surface area contributed by atoms with E-state index >= 15 is 0 Å². The smallest absolute Gasteiger partial charge is 0.133 e. The average molecular weight is 210 g/mol. The maximum absolute atomic E-state index is 11.0. The summed E-state index contributed by atoms with van der Waals surface area (Å²) in [4.78, 5) is 11.0. The predicted molar refractivity (Wildman–Crippen MR) is 66.9 cm³/mol. The van der Waals surface area contributed by atoms with Crippen molar-refractivity contribution in [3.63, 3.8) is 0 Å². The minimum Gasteiger partial charge on any atom is -0.300 e. The molecule has 0 spiro atoms. The molecular weight excluding hydrogens is 184 g/mol. The van der Waals surface area contributed by atoms with Gasteiger partial charge >= 0.3 is 0 Å². The number of ketones is 1. The standard InChI is InChI=1S/C14H26O/c1-11(8-12(2)15)9-14(6,7)10-13(3,4)5/h1,8-10H2,2-7H3. The van der Waals surface area contributed by atoms with Crippen molar-refractivity contribution < 1.29 is 4.79 Å². The summed E-state index contributed by atoms with van der Waals surface area (Å²) < 4.78 is 0. The van der Waals surface area contributed by atoms with Gasteiger partial charge in [-0.3, -0.25) is 4.79 Å². The van der Waals surface area contributed by atoms with E-state index < -0.39 is 0 Å². The minimum atomic E-state index is 0.214. The molecule has 0 N–H and O–H groups in total. The van der Waals surface area contributed by atoms with Crippen LogP contribution in [0.5, 0.6) is 0 Å². The zero-order chi connectivity index (χ0) is 12.3. The van der Waals surface area contributed by atoms with E-state index in [0.29, 0.717) is 11.8 Å². The van der Waals surface area contributed by atoms with Crippen LogP contribution in [0.4, 0.5) is 0 Å². The van der Waals surface area contributed by atoms with Crippen LogP contribution in [-0.4, -0.2) is 5.78 Å². The maximum atomic E-state index is 11.0. The van der Waals surface area contributed by atoms with E-state index in [9.17, 15) is 4.79 Å². The molecule has 15 heavy (non-hydrogen) atoms. The molecular formula is C14H26O. The number of rotatable bonds is 5. The molecule has 0 unspecified atom stereocenters. The SMILES string of the molecule is C=C(CC(C)=O)CC(C)(C)CC(C)(C)C. The first-order chi connectivity index (χ1) is 6.52. The Bertz CT molecular complexity index is 241. The lowest BCUT2D eigenvalue weighted by Gasteiger charge is -2.33. The van der Waals surface area contributed by atoms with Gasteiger partial charge in [0.05, 0.1) is 0 Å². The van der Waals surface area contributed by atoms with Gasteiger partial charge in [-0.25, -0.2) is 0 Å². The highest BCUT2D eigenvalue weighted by atomic mass is 16.1. The predicted octanol–water partition coefficient (Wildman–Crippen LogP) is 4.37. The van der Waals surface area contributed by atoms with Gasteiger partial charge in [0.2, 0.25) is 0 Å². The number of hydrogen-bond donors (Lipinski definition) is 0. The summed E-state index contributed by atoms with van der Waals surface area (Å²) in [7, 11) is 0. The Labute approximate surface area is 95.0 Å². The lowest BCUT2D eigenvalue weighted by molar-refractivity contribution is -0.116. The molecule has 0 rings (SSSR count). The summed E-state index contributed by atoms with van der Waals surface area (Å²) in [5.74, 6) is 0.214. The Morgan fingerprint density at radius 1 is 1.13 bits per heavy atom. The lowest BCUT2D eigenvalue weighted by Crippen LogP contribution is -2.21. The number of allylic oxidation sites excluding steroid dienone is 1. The van der Waals surface area contributed by atoms with Gasteiger partial charge in [-0.15, -0.1) is 0 Å². The van der Waals surface area contributed by atoms with Crippen molar-refractivity contribution >= 4 is 5.78 Å². The van der Waals surface area contributed by atoms with E-state index in [1.54, 1.807) is 6.92 Å². The van der Waals surface area contributed by atoms with Gasteiger partial charge in [-0.1, -0.05) is 46.8 Å². The molecule has 88 valence electrons. The molecule has 0 atom stereocenters. The number of carbonyl (C=O) groups is 1. The normalized spacial score (nSPS) is 12.7. The first kappa shape index (κ1) is 14.4. The first-order valence-electron chi connectivity index (χ1n) is 5.68. The van der Waals surface area contributed by atoms with Crippen LogP contribution in [0.3, 0.4) is 0 Å². The van der Waals surface area contributed by atoms with Crippen molar-refractivity contribution in [3.05, 3.63) is 12.2 Å². The molecule has 0 aromatic heterocycles. The van der Waals surface area contributed by atoms with Crippen LogP contribution in [0.2, 0.25) is 0 Å². The van der Waals surface area contributed by atoms with Gasteiger partial charge in [-0.2, -0.15) is 0 Å². The Morgan fingerprint density at radius 3 is 1.93 bits per heavy atom. The number of carbonyl (C=O) groups excluding carboxylic acids is 1. The van der Waals surface area contributed by atoms with Crippen LogP contribution in [0, 0.1) is 10.8 Å². The molecule has 0 fully saturated rings. The zero-order valence-corrected chi connectivity index (χ0v) is 11.2. The molecule has 1 nitrogen and oxygen atoms in total. The first-order valence-corrected chi connectivity index (χ1v) is 5.68. The van der Waals surface area contributed by atoms with Crippen molar-refractivity contribution in [1.29, 1.82) is 0 Å². The van der Waals surface area contributed by atoms with Crippen LogP contribution in [0.15, 0.2) is 12.2 Å². The fraction of sp³-hybridized carbons (Fsp3) is 0.786. The highest BCUT2D eigenvalue weighted by Crippen LogP contribution is 2.37. The Hall–Kier alpha value is -0.590. The van der Waals surface area contributed by atoms with E-state index in [4.69, 9.17) is 0 Å². The second-order valence-corrected chi connectivity index (χ2v) is 6.71. The third kappa shape index (κ3) is 8.41. The second-order valence-electron chi connectivity index (χ2n) is 6.71. The quantitative estimate of drug-likeness (QED) is 0.616. The summed E-state index contributed by atoms with van der Waals surface area (Å²) >= 11 is 0. The summed E-state index contributed by atoms with van der Waals surface area (Å²) in [6.45, 7) is 16.9. The van der Waals surface area contributed by atoms with Crippen LogP contribution >= 0.6 is 0 Å². The molecule has 0 aromatic rings. The summed E-state index contributed by atoms with van der Waals surface area (Å²) in [5.41, 5.74) is 1.64. The Balaban J connectivity index is 4.25. The third-order valence-electron chi connectivity index (χ3n) is 2.24. The Kier molecular flexibility index (Phi) is 4.76. The van der Waals surface area contributed by atoms with Gasteiger partial charge < -0.3 is 0 Å². The maximum Gasteiger partial charge on any atom is 0.133 e. The zero-order valence-electron chi connectivity index (χ0n) is 11.2. The minimum absolute atomic E-state index is 0.214. The van der Waals surface area contributed by atoms with E-state index in [2.05, 4.69) is 41.2 Å². The second kappa shape index (κ2) is 4.96. The van der Waals surface area contributed by atoms with Gasteiger partial charge in [-0.05, 0) is 30.6 Å². The summed E-state index contributed by atoms with van der Waals surface area (Å²) in [5, 5.41) is 0. The van der Waals surface area contributed by atoms with E-state index in [1.807, 2.05) is 0 Å². The fourth-order valence-corrected chi connectivity index (χ4v) is 2.59. The fourth-order valence-electron chi connectivity index (χ4n) is 2.59. The van der Waals surface area contributed by atoms with Crippen LogP contribution < -0.4 is 0 Å². The van der Waals surface area contributed by atoms with Crippen molar-refractivity contribution in [2.45, 2.75) is 60.8 Å². The van der Waals surface area contributed by atoms with Crippen LogP contribution in [0.25, 0.3) is 0 Å². The monoisotopic (exact) mass is 210 g/mol. The number of Topliss-reactive ketones (excluding diaryl/α,β-unsaturated/α-hetero) is 1. The van der Waals surface area contributed by atoms with E-state index in [-0.39, 0.29) is 11.2 Å². The highest BCUT2D eigenvalue weighted by molar-refractivity contribution is 5.77. The van der Waals surface area contributed by atoms with Crippen LogP contribution in [0.1, 0.15) is 60.8 Å². The topological polar surface area (TPSA) is 17.1 Å². The van der Waals surface area contributed by atoms with Crippen molar-refractivity contribution in [3.8, 4) is 0 Å². The largest absolute Gasteiger partial charge is 0.300 e. The molecule has 0 heterocycles. The molecule has 0 bridgehead atoms. The number of hydrogen-bond acceptors (Lipinski definition) is 1. The van der Waals surface area contributed by atoms with Crippen molar-refractivity contribution in [2.75, 3.05) is 0 Å². The van der Waals surface area contributed by atoms with Crippen LogP contribution in [-0.2, 0) is 4.79 Å². The van der Waals surface area contributed by atoms with Gasteiger partial charge in [0.15, 0.2) is 0 Å². The van der Waals surface area contributed by atoms with Gasteiger partial charge in [0, 0.05) is 6.42 Å². The lowest BCUT2D eigenvalue weighted by atomic mass is 9.73. The summed E-state index contributed by atoms with van der Waals surface area (Å²) in [6.07, 6.45) is 2.63. The van der Waals surface area contributed by atoms with Crippen molar-refractivity contribution in [1.82, 2.24) is 0 Å². The molecule has 0 aromatic carbocycles. The van der Waals surface area contributed by atoms with E-state index in [1.165, 1.54) is 0 Å². The molecule has 0 aliphatic rings. The molecule has 0 aliphatic carbocycles. The molecule has 0 radical (unpaired) electrons. The molecule has 0 aliphatic heterocycles. The molecule has 0 saturated carbocycles. The molecule has 0 amide bonds. The van der Waals surface area contributed by atoms with Gasteiger partial charge in [0.25, 0.3) is 0 Å². The summed E-state index contributed by atoms with van der Waals surface area (Å²) in [6, 6.07) is 0. The average Bonchev–Trinajstić information content (AvgIpc) is 1.73. The third-order valence-corrected chi connectivity index (χ3v) is 2.24. The van der Waals surface area contributed by atoms with Crippen molar-refractivity contribution in [2.24, 2.45) is 10.8 Å². The van der Waals surface area contributed by atoms with E-state index in [0.717, 1.165) is 18.4 Å². The molecule has 1 heteroatoms. The van der Waals surface area contributed by atoms with Gasteiger partial charge in [0.1, 0.15) is 5.78 Å². The molecule has 0 saturated heterocycles.